The van der Waals surface area contributed by atoms with Crippen molar-refractivity contribution in [2.45, 2.75) is 18.6 Å². The van der Waals surface area contributed by atoms with Gasteiger partial charge in [-0.15, -0.1) is 5.10 Å². The summed E-state index contributed by atoms with van der Waals surface area (Å²) in [6, 6.07) is 4.35. The third-order valence-corrected chi connectivity index (χ3v) is 5.91. The van der Waals surface area contributed by atoms with Crippen LogP contribution in [0.15, 0.2) is 41.3 Å². The Kier molecular flexibility index (Phi) is 5.78. The number of nitrogens with one attached hydrogen (secondary N) is 1. The molecule has 15 heteroatoms. The average Bonchev–Trinajstić information content (AvgIpc) is 3.42. The van der Waals surface area contributed by atoms with Gasteiger partial charge in [-0.3, -0.25) is 14.5 Å². The standard InChI is InChI=1S/C21H18ClFN8O5/c1-21(34,20(33)27-10-6-12(22)15-14(7-10)36-29-17(15)24)16-19(32)30(4-5-35-16)18-13(23)9-31(28-18)11-2-3-25-26-8-11/h2-3,6-9,16,34H,4-5H2,1H3,(H2,24,29)(H,27,33). The molecule has 2 unspecified atom stereocenters. The first-order valence-electron chi connectivity index (χ1n) is 10.5. The number of amides is 2. The van der Waals surface area contributed by atoms with Crippen LogP contribution in [0.4, 0.5) is 21.7 Å². The number of nitrogens with zero attached hydrogens (tertiary/aromatic N) is 6. The van der Waals surface area contributed by atoms with Crippen molar-refractivity contribution in [2.75, 3.05) is 29.1 Å². The minimum absolute atomic E-state index is 0.0469. The molecule has 1 fully saturated rings. The second kappa shape index (κ2) is 8.82. The maximum atomic E-state index is 14.8. The first-order chi connectivity index (χ1) is 17.2. The van der Waals surface area contributed by atoms with Crippen LogP contribution < -0.4 is 16.0 Å². The van der Waals surface area contributed by atoms with E-state index in [1.165, 1.54) is 29.2 Å². The van der Waals surface area contributed by atoms with Crippen molar-refractivity contribution in [3.63, 3.8) is 0 Å². The van der Waals surface area contributed by atoms with Crippen LogP contribution in [-0.2, 0) is 14.3 Å². The summed E-state index contributed by atoms with van der Waals surface area (Å²) in [4.78, 5) is 27.2. The van der Waals surface area contributed by atoms with Crippen LogP contribution in [0.5, 0.6) is 0 Å². The number of carbonyl (C=O) groups is 2. The number of carbonyl (C=O) groups excluding carboxylic acids is 2. The van der Waals surface area contributed by atoms with Crippen LogP contribution in [0, 0.1) is 5.82 Å². The minimum Gasteiger partial charge on any atom is -0.380 e. The average molecular weight is 517 g/mol. The van der Waals surface area contributed by atoms with Crippen molar-refractivity contribution in [3.05, 3.63) is 47.6 Å². The van der Waals surface area contributed by atoms with Gasteiger partial charge in [-0.2, -0.15) is 10.2 Å². The van der Waals surface area contributed by atoms with E-state index in [9.17, 15) is 19.1 Å². The molecule has 5 rings (SSSR count). The summed E-state index contributed by atoms with van der Waals surface area (Å²) < 4.78 is 26.5. The molecule has 1 aromatic carbocycles. The molecule has 3 aromatic heterocycles. The number of hydrogen-bond donors (Lipinski definition) is 3. The van der Waals surface area contributed by atoms with Crippen molar-refractivity contribution in [1.29, 1.82) is 0 Å². The molecule has 1 aliphatic rings. The van der Waals surface area contributed by atoms with Crippen LogP contribution in [0.2, 0.25) is 5.02 Å². The first kappa shape index (κ1) is 23.6. The molecule has 186 valence electrons. The fraction of sp³-hybridized carbons (Fsp3) is 0.238. The summed E-state index contributed by atoms with van der Waals surface area (Å²) in [5.74, 6) is -2.83. The lowest BCUT2D eigenvalue weighted by atomic mass is 9.95. The van der Waals surface area contributed by atoms with Gasteiger partial charge in [0.1, 0.15) is 0 Å². The second-order valence-electron chi connectivity index (χ2n) is 8.09. The van der Waals surface area contributed by atoms with Crippen molar-refractivity contribution >= 4 is 51.7 Å². The predicted octanol–water partition coefficient (Wildman–Crippen LogP) is 1.30. The van der Waals surface area contributed by atoms with Gasteiger partial charge in [0, 0.05) is 11.8 Å². The van der Waals surface area contributed by atoms with E-state index in [1.54, 1.807) is 6.07 Å². The number of fused-ring (bicyclic) bond motifs is 1. The van der Waals surface area contributed by atoms with E-state index in [4.69, 9.17) is 26.6 Å². The quantitative estimate of drug-likeness (QED) is 0.350. The van der Waals surface area contributed by atoms with E-state index < -0.39 is 29.3 Å². The number of nitrogens with two attached hydrogens (primary N) is 1. The first-order valence-corrected chi connectivity index (χ1v) is 10.9. The summed E-state index contributed by atoms with van der Waals surface area (Å²) in [6.07, 6.45) is 2.19. The number of halogens is 2. The summed E-state index contributed by atoms with van der Waals surface area (Å²) in [7, 11) is 0. The number of morpholine rings is 1. The van der Waals surface area contributed by atoms with Crippen molar-refractivity contribution in [3.8, 4) is 5.69 Å². The Morgan fingerprint density at radius 2 is 2.19 bits per heavy atom. The number of rotatable bonds is 5. The van der Waals surface area contributed by atoms with E-state index >= 15 is 0 Å². The van der Waals surface area contributed by atoms with Gasteiger partial charge in [0.25, 0.3) is 11.8 Å². The van der Waals surface area contributed by atoms with E-state index in [-0.39, 0.29) is 41.1 Å². The van der Waals surface area contributed by atoms with E-state index in [0.717, 1.165) is 18.0 Å². The van der Waals surface area contributed by atoms with E-state index in [2.05, 4.69) is 25.8 Å². The summed E-state index contributed by atoms with van der Waals surface area (Å²) >= 11 is 6.20. The second-order valence-corrected chi connectivity index (χ2v) is 8.49. The largest absolute Gasteiger partial charge is 0.380 e. The van der Waals surface area contributed by atoms with Crippen LogP contribution in [0.3, 0.4) is 0 Å². The van der Waals surface area contributed by atoms with Gasteiger partial charge < -0.3 is 25.4 Å². The third-order valence-electron chi connectivity index (χ3n) is 5.61. The van der Waals surface area contributed by atoms with Gasteiger partial charge in [-0.05, 0) is 19.1 Å². The molecule has 2 amide bonds. The number of aromatic nitrogens is 5. The monoisotopic (exact) mass is 516 g/mol. The number of anilines is 3. The van der Waals surface area contributed by atoms with Crippen LogP contribution in [0.1, 0.15) is 6.92 Å². The predicted molar refractivity (Wildman–Crippen MR) is 124 cm³/mol. The maximum absolute atomic E-state index is 14.8. The molecule has 0 aliphatic carbocycles. The Morgan fingerprint density at radius 3 is 2.94 bits per heavy atom. The lowest BCUT2D eigenvalue weighted by Gasteiger charge is -2.37. The highest BCUT2D eigenvalue weighted by molar-refractivity contribution is 6.36. The highest BCUT2D eigenvalue weighted by Crippen LogP contribution is 2.33. The Hall–Kier alpha value is -4.14. The van der Waals surface area contributed by atoms with Gasteiger partial charge >= 0.3 is 0 Å². The highest BCUT2D eigenvalue weighted by Gasteiger charge is 2.49. The zero-order valence-corrected chi connectivity index (χ0v) is 19.3. The molecule has 0 radical (unpaired) electrons. The molecule has 4 heterocycles. The zero-order valence-electron chi connectivity index (χ0n) is 18.6. The third kappa shape index (κ3) is 4.00. The van der Waals surface area contributed by atoms with Gasteiger partial charge in [-0.25, -0.2) is 9.07 Å². The fourth-order valence-corrected chi connectivity index (χ4v) is 4.08. The number of hydrogen-bond acceptors (Lipinski definition) is 10. The molecular weight excluding hydrogens is 499 g/mol. The SMILES string of the molecule is CC(O)(C(=O)Nc1cc(Cl)c2c(N)noc2c1)C1OCCN(c2nn(-c3ccnnc3)cc2F)C1=O. The van der Waals surface area contributed by atoms with Crippen LogP contribution >= 0.6 is 11.6 Å². The summed E-state index contributed by atoms with van der Waals surface area (Å²) in [6.45, 7) is 0.978. The topological polar surface area (TPSA) is 175 Å². The number of benzene rings is 1. The Balaban J connectivity index is 1.38. The molecule has 4 aromatic rings. The zero-order chi connectivity index (χ0) is 25.6. The number of nitrogen functional groups attached to an aromatic ring is 1. The van der Waals surface area contributed by atoms with Crippen LogP contribution in [0.25, 0.3) is 16.7 Å². The van der Waals surface area contributed by atoms with Gasteiger partial charge in [0.2, 0.25) is 0 Å². The van der Waals surface area contributed by atoms with Crippen molar-refractivity contribution in [2.24, 2.45) is 0 Å². The summed E-state index contributed by atoms with van der Waals surface area (Å²) in [5.41, 5.74) is 4.13. The minimum atomic E-state index is -2.36. The van der Waals surface area contributed by atoms with E-state index in [1.807, 2.05) is 0 Å². The maximum Gasteiger partial charge on any atom is 0.261 e. The normalized spacial score (nSPS) is 17.8. The van der Waals surface area contributed by atoms with E-state index in [0.29, 0.717) is 11.1 Å². The smallest absolute Gasteiger partial charge is 0.261 e. The van der Waals surface area contributed by atoms with Gasteiger partial charge in [0.05, 0.1) is 47.8 Å². The molecular formula is C21H18ClFN8O5. The fourth-order valence-electron chi connectivity index (χ4n) is 3.77. The van der Waals surface area contributed by atoms with Crippen molar-refractivity contribution < 1.29 is 28.3 Å². The number of aliphatic hydroxyl groups is 1. The lowest BCUT2D eigenvalue weighted by molar-refractivity contribution is -0.165. The Morgan fingerprint density at radius 1 is 1.39 bits per heavy atom. The molecule has 36 heavy (non-hydrogen) atoms. The highest BCUT2D eigenvalue weighted by atomic mass is 35.5. The molecule has 1 aliphatic heterocycles. The molecule has 4 N–H and O–H groups in total. The molecule has 0 saturated carbocycles. The van der Waals surface area contributed by atoms with Gasteiger partial charge in [0.15, 0.2) is 34.7 Å². The van der Waals surface area contributed by atoms with Gasteiger partial charge in [-0.1, -0.05) is 16.8 Å². The molecule has 13 nitrogen and oxygen atoms in total. The molecule has 0 spiro atoms. The molecule has 0 bridgehead atoms. The lowest BCUT2D eigenvalue weighted by Crippen LogP contribution is -2.61. The Bertz CT molecular complexity index is 1470. The Labute approximate surface area is 206 Å². The van der Waals surface area contributed by atoms with Crippen LogP contribution in [-0.4, -0.2) is 66.9 Å². The number of ether oxygens (including phenoxy) is 1. The van der Waals surface area contributed by atoms with Crippen molar-refractivity contribution in [1.82, 2.24) is 25.1 Å². The molecule has 2 atom stereocenters. The summed E-state index contributed by atoms with van der Waals surface area (Å²) in [5, 5.41) is 29.1. The molecule has 1 saturated heterocycles.